The van der Waals surface area contributed by atoms with Crippen LogP contribution in [0.3, 0.4) is 0 Å². The molecule has 1 unspecified atom stereocenters. The Kier molecular flexibility index (Phi) is 6.45. The summed E-state index contributed by atoms with van der Waals surface area (Å²) in [7, 11) is 0. The highest BCUT2D eigenvalue weighted by Crippen LogP contribution is 2.29. The highest BCUT2D eigenvalue weighted by molar-refractivity contribution is 5.97. The molecule has 1 atom stereocenters. The zero-order chi connectivity index (χ0) is 20.0. The molecule has 144 valence electrons. The second-order valence-electron chi connectivity index (χ2n) is 7.27. The van der Waals surface area contributed by atoms with Gasteiger partial charge in [0.25, 0.3) is 0 Å². The number of hydrogen-bond donors (Lipinski definition) is 2. The van der Waals surface area contributed by atoms with E-state index in [1.165, 1.54) is 0 Å². The van der Waals surface area contributed by atoms with Crippen molar-refractivity contribution >= 4 is 17.7 Å². The molecule has 0 saturated heterocycles. The summed E-state index contributed by atoms with van der Waals surface area (Å²) in [4.78, 5) is 24.3. The lowest BCUT2D eigenvalue weighted by Gasteiger charge is -2.22. The molecule has 0 radical (unpaired) electrons. The molecule has 0 saturated carbocycles. The van der Waals surface area contributed by atoms with Gasteiger partial charge in [0, 0.05) is 0 Å². The highest BCUT2D eigenvalue weighted by atomic mass is 16.6. The van der Waals surface area contributed by atoms with E-state index in [1.54, 1.807) is 45.9 Å². The van der Waals surface area contributed by atoms with E-state index in [0.717, 1.165) is 5.56 Å². The van der Waals surface area contributed by atoms with E-state index in [-0.39, 0.29) is 5.91 Å². The number of para-hydroxylation sites is 2. The third-order valence-corrected chi connectivity index (χ3v) is 3.49. The van der Waals surface area contributed by atoms with E-state index in [4.69, 9.17) is 9.47 Å². The molecule has 0 aliphatic rings. The predicted molar refractivity (Wildman–Crippen MR) is 105 cm³/mol. The van der Waals surface area contributed by atoms with Gasteiger partial charge in [-0.25, -0.2) is 4.79 Å². The smallest absolute Gasteiger partial charge is 0.408 e. The third-order valence-electron chi connectivity index (χ3n) is 3.49. The summed E-state index contributed by atoms with van der Waals surface area (Å²) >= 11 is 0. The van der Waals surface area contributed by atoms with Gasteiger partial charge >= 0.3 is 6.09 Å². The van der Waals surface area contributed by atoms with Gasteiger partial charge in [0.15, 0.2) is 5.75 Å². The fraction of sp³-hybridized carbons (Fsp3) is 0.333. The summed E-state index contributed by atoms with van der Waals surface area (Å²) in [5.41, 5.74) is 0.959. The highest BCUT2D eigenvalue weighted by Gasteiger charge is 2.21. The van der Waals surface area contributed by atoms with E-state index in [0.29, 0.717) is 17.2 Å². The van der Waals surface area contributed by atoms with Crippen LogP contribution in [-0.2, 0) is 9.53 Å². The fourth-order valence-corrected chi connectivity index (χ4v) is 2.26. The molecule has 0 bridgehead atoms. The minimum Gasteiger partial charge on any atom is -0.455 e. The number of amides is 2. The van der Waals surface area contributed by atoms with Gasteiger partial charge in [0.05, 0.1) is 5.69 Å². The lowest BCUT2D eigenvalue weighted by Crippen LogP contribution is -2.44. The van der Waals surface area contributed by atoms with Crippen molar-refractivity contribution in [2.24, 2.45) is 0 Å². The summed E-state index contributed by atoms with van der Waals surface area (Å²) in [5.74, 6) is 0.818. The number of hydrogen-bond acceptors (Lipinski definition) is 4. The lowest BCUT2D eigenvalue weighted by atomic mass is 10.2. The molecule has 2 aromatic carbocycles. The second kappa shape index (κ2) is 8.58. The normalized spacial score (nSPS) is 12.0. The Balaban J connectivity index is 2.04. The van der Waals surface area contributed by atoms with E-state index in [1.807, 2.05) is 37.3 Å². The standard InChI is InChI=1S/C21H26N2O4/c1-14-9-8-10-16(13-14)26-18-12-7-6-11-17(18)23-19(24)15(2)22-20(25)27-21(3,4)5/h6-13,15H,1-5H3,(H,22,25)(H,23,24). The van der Waals surface area contributed by atoms with Crippen molar-refractivity contribution in [3.63, 3.8) is 0 Å². The molecular weight excluding hydrogens is 344 g/mol. The minimum absolute atomic E-state index is 0.374. The topological polar surface area (TPSA) is 76.7 Å². The van der Waals surface area contributed by atoms with Crippen molar-refractivity contribution in [3.05, 3.63) is 54.1 Å². The van der Waals surface area contributed by atoms with Crippen molar-refractivity contribution in [2.75, 3.05) is 5.32 Å². The van der Waals surface area contributed by atoms with Gasteiger partial charge in [-0.1, -0.05) is 24.3 Å². The zero-order valence-electron chi connectivity index (χ0n) is 16.3. The Hall–Kier alpha value is -3.02. The molecule has 6 nitrogen and oxygen atoms in total. The van der Waals surface area contributed by atoms with Gasteiger partial charge in [-0.3, -0.25) is 4.79 Å². The van der Waals surface area contributed by atoms with E-state index < -0.39 is 17.7 Å². The number of aryl methyl sites for hydroxylation is 1. The van der Waals surface area contributed by atoms with Crippen LogP contribution in [0.4, 0.5) is 10.5 Å². The van der Waals surface area contributed by atoms with Gasteiger partial charge in [0.2, 0.25) is 5.91 Å². The molecule has 6 heteroatoms. The number of anilines is 1. The number of carbonyl (C=O) groups excluding carboxylic acids is 2. The van der Waals surface area contributed by atoms with Crippen LogP contribution in [0.2, 0.25) is 0 Å². The second-order valence-corrected chi connectivity index (χ2v) is 7.27. The first-order valence-electron chi connectivity index (χ1n) is 8.78. The first-order chi connectivity index (χ1) is 12.6. The molecule has 0 aliphatic carbocycles. The maximum atomic E-state index is 12.4. The SMILES string of the molecule is Cc1cccc(Oc2ccccc2NC(=O)C(C)NC(=O)OC(C)(C)C)c1. The summed E-state index contributed by atoms with van der Waals surface area (Å²) in [5, 5.41) is 5.30. The van der Waals surface area contributed by atoms with Gasteiger partial charge in [-0.2, -0.15) is 0 Å². The van der Waals surface area contributed by atoms with Crippen LogP contribution < -0.4 is 15.4 Å². The van der Waals surface area contributed by atoms with Crippen molar-refractivity contribution in [3.8, 4) is 11.5 Å². The lowest BCUT2D eigenvalue weighted by molar-refractivity contribution is -0.117. The van der Waals surface area contributed by atoms with Crippen LogP contribution in [0.15, 0.2) is 48.5 Å². The number of benzene rings is 2. The Bertz CT molecular complexity index is 812. The Morgan fingerprint density at radius 1 is 1.04 bits per heavy atom. The zero-order valence-corrected chi connectivity index (χ0v) is 16.3. The maximum absolute atomic E-state index is 12.4. The van der Waals surface area contributed by atoms with Gasteiger partial charge in [0.1, 0.15) is 17.4 Å². The summed E-state index contributed by atoms with van der Waals surface area (Å²) < 4.78 is 11.1. The fourth-order valence-electron chi connectivity index (χ4n) is 2.26. The third kappa shape index (κ3) is 6.66. The number of rotatable bonds is 5. The quantitative estimate of drug-likeness (QED) is 0.804. The Labute approximate surface area is 159 Å². The van der Waals surface area contributed by atoms with E-state index in [9.17, 15) is 9.59 Å². The molecule has 0 aromatic heterocycles. The number of nitrogens with one attached hydrogen (secondary N) is 2. The summed E-state index contributed by atoms with van der Waals surface area (Å²) in [6, 6.07) is 14.0. The molecule has 2 rings (SSSR count). The molecule has 0 heterocycles. The molecule has 27 heavy (non-hydrogen) atoms. The monoisotopic (exact) mass is 370 g/mol. The molecule has 2 amide bonds. The van der Waals surface area contributed by atoms with E-state index >= 15 is 0 Å². The summed E-state index contributed by atoms with van der Waals surface area (Å²) in [6.07, 6.45) is -0.644. The van der Waals surface area contributed by atoms with Crippen molar-refractivity contribution in [1.82, 2.24) is 5.32 Å². The van der Waals surface area contributed by atoms with Gasteiger partial charge in [-0.15, -0.1) is 0 Å². The van der Waals surface area contributed by atoms with Gasteiger partial charge in [-0.05, 0) is 64.4 Å². The Morgan fingerprint density at radius 2 is 1.74 bits per heavy atom. The van der Waals surface area contributed by atoms with Crippen LogP contribution in [-0.4, -0.2) is 23.6 Å². The Morgan fingerprint density at radius 3 is 2.41 bits per heavy atom. The van der Waals surface area contributed by atoms with Crippen LogP contribution in [0.25, 0.3) is 0 Å². The van der Waals surface area contributed by atoms with Gasteiger partial charge < -0.3 is 20.1 Å². The maximum Gasteiger partial charge on any atom is 0.408 e. The average molecular weight is 370 g/mol. The first kappa shape index (κ1) is 20.3. The molecule has 0 aliphatic heterocycles. The van der Waals surface area contributed by atoms with Crippen molar-refractivity contribution < 1.29 is 19.1 Å². The van der Waals surface area contributed by atoms with Crippen molar-refractivity contribution in [1.29, 1.82) is 0 Å². The molecule has 0 fully saturated rings. The molecule has 2 aromatic rings. The molecular formula is C21H26N2O4. The van der Waals surface area contributed by atoms with Crippen LogP contribution >= 0.6 is 0 Å². The van der Waals surface area contributed by atoms with Crippen LogP contribution in [0, 0.1) is 6.92 Å². The average Bonchev–Trinajstić information content (AvgIpc) is 2.54. The first-order valence-corrected chi connectivity index (χ1v) is 8.78. The summed E-state index contributed by atoms with van der Waals surface area (Å²) in [6.45, 7) is 8.84. The minimum atomic E-state index is -0.771. The number of alkyl carbamates (subject to hydrolysis) is 1. The van der Waals surface area contributed by atoms with E-state index in [2.05, 4.69) is 10.6 Å². The van der Waals surface area contributed by atoms with Crippen molar-refractivity contribution in [2.45, 2.75) is 46.3 Å². The molecule has 2 N–H and O–H groups in total. The number of carbonyl (C=O) groups is 2. The molecule has 0 spiro atoms. The number of ether oxygens (including phenoxy) is 2. The predicted octanol–water partition coefficient (Wildman–Crippen LogP) is 4.64. The van der Waals surface area contributed by atoms with Crippen LogP contribution in [0.1, 0.15) is 33.3 Å². The van der Waals surface area contributed by atoms with Crippen LogP contribution in [0.5, 0.6) is 11.5 Å². The largest absolute Gasteiger partial charge is 0.455 e.